The number of ether oxygens (including phenoxy) is 1. The van der Waals surface area contributed by atoms with Crippen molar-refractivity contribution in [2.75, 3.05) is 11.9 Å². The molecule has 2 aromatic carbocycles. The topological polar surface area (TPSA) is 51.2 Å². The third-order valence-corrected chi connectivity index (χ3v) is 5.12. The third kappa shape index (κ3) is 5.41. The lowest BCUT2D eigenvalue weighted by Gasteiger charge is -2.06. The van der Waals surface area contributed by atoms with Crippen LogP contribution in [0.3, 0.4) is 0 Å². The average Bonchev–Trinajstić information content (AvgIpc) is 3.09. The van der Waals surface area contributed by atoms with E-state index in [1.807, 2.05) is 36.6 Å². The highest BCUT2D eigenvalue weighted by molar-refractivity contribution is 7.14. The van der Waals surface area contributed by atoms with Gasteiger partial charge in [-0.1, -0.05) is 24.3 Å². The summed E-state index contributed by atoms with van der Waals surface area (Å²) in [7, 11) is 0. The summed E-state index contributed by atoms with van der Waals surface area (Å²) in [6.07, 6.45) is 1.07. The second kappa shape index (κ2) is 8.82. The molecule has 1 aromatic heterocycles. The highest BCUT2D eigenvalue weighted by Gasteiger charge is 2.09. The number of carbonyl (C=O) groups excluding carboxylic acids is 1. The van der Waals surface area contributed by atoms with Crippen LogP contribution in [0.2, 0.25) is 0 Å². The van der Waals surface area contributed by atoms with Crippen LogP contribution in [0, 0.1) is 20.8 Å². The summed E-state index contributed by atoms with van der Waals surface area (Å²) >= 11 is 1.45. The number of carbonyl (C=O) groups is 1. The van der Waals surface area contributed by atoms with Crippen LogP contribution in [0.25, 0.3) is 11.3 Å². The molecule has 0 radical (unpaired) electrons. The number of benzene rings is 2. The average molecular weight is 381 g/mol. The number of nitrogens with one attached hydrogen (secondary N) is 1. The van der Waals surface area contributed by atoms with Crippen molar-refractivity contribution < 1.29 is 9.53 Å². The lowest BCUT2D eigenvalue weighted by atomic mass is 10.1. The number of aromatic nitrogens is 1. The second-order valence-electron chi connectivity index (χ2n) is 6.65. The maximum atomic E-state index is 12.1. The summed E-state index contributed by atoms with van der Waals surface area (Å²) in [6.45, 7) is 6.73. The number of hydrogen-bond donors (Lipinski definition) is 1. The zero-order valence-electron chi connectivity index (χ0n) is 15.9. The molecule has 0 spiro atoms. The molecular formula is C22H24N2O2S. The molecule has 0 atom stereocenters. The van der Waals surface area contributed by atoms with Gasteiger partial charge in [0.1, 0.15) is 5.75 Å². The summed E-state index contributed by atoms with van der Waals surface area (Å²) < 4.78 is 5.68. The third-order valence-electron chi connectivity index (χ3n) is 4.36. The van der Waals surface area contributed by atoms with E-state index in [0.717, 1.165) is 22.6 Å². The van der Waals surface area contributed by atoms with E-state index in [0.29, 0.717) is 24.6 Å². The maximum absolute atomic E-state index is 12.1. The molecule has 3 aromatic rings. The minimum absolute atomic E-state index is 0.0381. The van der Waals surface area contributed by atoms with Crippen molar-refractivity contribution >= 4 is 22.4 Å². The fourth-order valence-electron chi connectivity index (χ4n) is 2.67. The molecule has 0 unspecified atom stereocenters. The van der Waals surface area contributed by atoms with E-state index in [2.05, 4.69) is 42.3 Å². The minimum atomic E-state index is -0.0381. The first-order valence-corrected chi connectivity index (χ1v) is 9.92. The summed E-state index contributed by atoms with van der Waals surface area (Å²) in [5, 5.41) is 5.48. The lowest BCUT2D eigenvalue weighted by molar-refractivity contribution is -0.116. The molecule has 27 heavy (non-hydrogen) atoms. The zero-order valence-corrected chi connectivity index (χ0v) is 16.7. The molecule has 4 nitrogen and oxygen atoms in total. The van der Waals surface area contributed by atoms with Gasteiger partial charge in [0.25, 0.3) is 0 Å². The molecule has 140 valence electrons. The van der Waals surface area contributed by atoms with E-state index in [-0.39, 0.29) is 5.91 Å². The maximum Gasteiger partial charge on any atom is 0.226 e. The monoisotopic (exact) mass is 380 g/mol. The van der Waals surface area contributed by atoms with Gasteiger partial charge in [-0.25, -0.2) is 4.98 Å². The summed E-state index contributed by atoms with van der Waals surface area (Å²) in [6, 6.07) is 14.2. The summed E-state index contributed by atoms with van der Waals surface area (Å²) in [4.78, 5) is 16.7. The number of hydrogen-bond acceptors (Lipinski definition) is 4. The molecule has 0 saturated heterocycles. The first-order chi connectivity index (χ1) is 13.0. The van der Waals surface area contributed by atoms with Crippen molar-refractivity contribution in [2.24, 2.45) is 0 Å². The van der Waals surface area contributed by atoms with Gasteiger partial charge < -0.3 is 10.1 Å². The van der Waals surface area contributed by atoms with Crippen LogP contribution >= 0.6 is 11.3 Å². The molecule has 5 heteroatoms. The Hall–Kier alpha value is -2.66. The SMILES string of the molecule is Cc1cccc(OCCCC(=O)Nc2nc(-c3ccc(C)c(C)c3)cs2)c1. The molecule has 0 aliphatic rings. The number of rotatable bonds is 7. The number of thiazole rings is 1. The largest absolute Gasteiger partial charge is 0.494 e. The van der Waals surface area contributed by atoms with Gasteiger partial charge in [0.2, 0.25) is 5.91 Å². The van der Waals surface area contributed by atoms with E-state index in [1.165, 1.54) is 22.5 Å². The Bertz CT molecular complexity index is 934. The van der Waals surface area contributed by atoms with Crippen molar-refractivity contribution in [3.8, 4) is 17.0 Å². The Balaban J connectivity index is 1.47. The Kier molecular flexibility index (Phi) is 6.24. The molecule has 0 aliphatic heterocycles. The predicted molar refractivity (Wildman–Crippen MR) is 112 cm³/mol. The molecule has 0 aliphatic carbocycles. The molecular weight excluding hydrogens is 356 g/mol. The fraction of sp³-hybridized carbons (Fsp3) is 0.273. The highest BCUT2D eigenvalue weighted by atomic mass is 32.1. The van der Waals surface area contributed by atoms with Crippen LogP contribution in [-0.2, 0) is 4.79 Å². The molecule has 1 amide bonds. The molecule has 3 rings (SSSR count). The number of nitrogens with zero attached hydrogens (tertiary/aromatic N) is 1. The predicted octanol–water partition coefficient (Wildman–Crippen LogP) is 5.53. The van der Waals surface area contributed by atoms with Gasteiger partial charge in [0, 0.05) is 17.4 Å². The molecule has 0 saturated carbocycles. The van der Waals surface area contributed by atoms with Crippen LogP contribution in [0.4, 0.5) is 5.13 Å². The quantitative estimate of drug-likeness (QED) is 0.548. The van der Waals surface area contributed by atoms with Gasteiger partial charge in [-0.15, -0.1) is 11.3 Å². The second-order valence-corrected chi connectivity index (χ2v) is 7.51. The van der Waals surface area contributed by atoms with Gasteiger partial charge in [-0.3, -0.25) is 4.79 Å². The van der Waals surface area contributed by atoms with E-state index >= 15 is 0 Å². The van der Waals surface area contributed by atoms with Gasteiger partial charge in [0.15, 0.2) is 5.13 Å². The van der Waals surface area contributed by atoms with E-state index < -0.39 is 0 Å². The van der Waals surface area contributed by atoms with Crippen LogP contribution in [0.1, 0.15) is 29.5 Å². The van der Waals surface area contributed by atoms with Crippen molar-refractivity contribution in [3.63, 3.8) is 0 Å². The summed E-state index contributed by atoms with van der Waals surface area (Å²) in [5.41, 5.74) is 5.62. The number of aryl methyl sites for hydroxylation is 3. The Morgan fingerprint density at radius 2 is 1.96 bits per heavy atom. The van der Waals surface area contributed by atoms with Gasteiger partial charge in [-0.05, 0) is 62.1 Å². The Labute approximate surface area is 164 Å². The number of anilines is 1. The molecule has 1 heterocycles. The van der Waals surface area contributed by atoms with Gasteiger partial charge in [-0.2, -0.15) is 0 Å². The normalized spacial score (nSPS) is 10.6. The van der Waals surface area contributed by atoms with Crippen molar-refractivity contribution in [1.29, 1.82) is 0 Å². The molecule has 1 N–H and O–H groups in total. The first kappa shape index (κ1) is 19.1. The minimum Gasteiger partial charge on any atom is -0.494 e. The van der Waals surface area contributed by atoms with Crippen LogP contribution in [0.5, 0.6) is 5.75 Å². The van der Waals surface area contributed by atoms with Crippen LogP contribution in [-0.4, -0.2) is 17.5 Å². The van der Waals surface area contributed by atoms with Crippen molar-refractivity contribution in [3.05, 3.63) is 64.5 Å². The van der Waals surface area contributed by atoms with Crippen molar-refractivity contribution in [1.82, 2.24) is 4.98 Å². The van der Waals surface area contributed by atoms with Crippen molar-refractivity contribution in [2.45, 2.75) is 33.6 Å². The number of amides is 1. The standard InChI is InChI=1S/C22H24N2O2S/c1-15-6-4-7-19(12-15)26-11-5-8-21(25)24-22-23-20(14-27-22)18-10-9-16(2)17(3)13-18/h4,6-7,9-10,12-14H,5,8,11H2,1-3H3,(H,23,24,25). The van der Waals surface area contributed by atoms with Crippen LogP contribution in [0.15, 0.2) is 47.8 Å². The zero-order chi connectivity index (χ0) is 19.2. The first-order valence-electron chi connectivity index (χ1n) is 9.04. The lowest BCUT2D eigenvalue weighted by Crippen LogP contribution is -2.12. The Morgan fingerprint density at radius 3 is 2.74 bits per heavy atom. The molecule has 0 fully saturated rings. The van der Waals surface area contributed by atoms with Crippen LogP contribution < -0.4 is 10.1 Å². The molecule has 0 bridgehead atoms. The van der Waals surface area contributed by atoms with E-state index in [9.17, 15) is 4.79 Å². The van der Waals surface area contributed by atoms with Gasteiger partial charge in [0.05, 0.1) is 12.3 Å². The summed E-state index contributed by atoms with van der Waals surface area (Å²) in [5.74, 6) is 0.803. The fourth-order valence-corrected chi connectivity index (χ4v) is 3.41. The van der Waals surface area contributed by atoms with Gasteiger partial charge >= 0.3 is 0 Å². The van der Waals surface area contributed by atoms with E-state index in [4.69, 9.17) is 4.74 Å². The smallest absolute Gasteiger partial charge is 0.226 e. The van der Waals surface area contributed by atoms with E-state index in [1.54, 1.807) is 0 Å². The Morgan fingerprint density at radius 1 is 1.11 bits per heavy atom. The highest BCUT2D eigenvalue weighted by Crippen LogP contribution is 2.26.